The molecular formula is C24H22ClN3O6S2. The van der Waals surface area contributed by atoms with E-state index in [9.17, 15) is 22.8 Å². The maximum Gasteiger partial charge on any atom is 0.276 e. The van der Waals surface area contributed by atoms with Gasteiger partial charge in [-0.15, -0.1) is 11.3 Å². The van der Waals surface area contributed by atoms with Crippen molar-refractivity contribution in [2.45, 2.75) is 29.5 Å². The smallest absolute Gasteiger partial charge is 0.276 e. The van der Waals surface area contributed by atoms with Crippen LogP contribution >= 0.6 is 22.9 Å². The molecule has 1 aromatic heterocycles. The number of methoxy groups -OCH3 is 1. The topological polar surface area (TPSA) is 113 Å². The van der Waals surface area contributed by atoms with Crippen LogP contribution in [0, 0.1) is 0 Å². The van der Waals surface area contributed by atoms with Crippen molar-refractivity contribution in [2.75, 3.05) is 30.5 Å². The van der Waals surface area contributed by atoms with Crippen molar-refractivity contribution in [2.24, 2.45) is 0 Å². The molecule has 9 nitrogen and oxygen atoms in total. The van der Waals surface area contributed by atoms with E-state index in [1.54, 1.807) is 42.3 Å². The minimum Gasteiger partial charge on any atom is -0.385 e. The third-order valence-corrected chi connectivity index (χ3v) is 9.83. The van der Waals surface area contributed by atoms with Gasteiger partial charge in [-0.25, -0.2) is 12.7 Å². The normalized spacial score (nSPS) is 17.4. The van der Waals surface area contributed by atoms with Gasteiger partial charge in [-0.2, -0.15) is 0 Å². The molecule has 188 valence electrons. The predicted octanol–water partition coefficient (Wildman–Crippen LogP) is 3.87. The molecule has 0 spiro atoms. The number of ether oxygens (including phenoxy) is 1. The molecular weight excluding hydrogens is 526 g/mol. The first-order valence-electron chi connectivity index (χ1n) is 11.2. The van der Waals surface area contributed by atoms with Crippen molar-refractivity contribution in [3.8, 4) is 0 Å². The lowest BCUT2D eigenvalue weighted by Crippen LogP contribution is -2.44. The summed E-state index contributed by atoms with van der Waals surface area (Å²) in [7, 11) is -2.62. The van der Waals surface area contributed by atoms with E-state index in [-0.39, 0.29) is 27.3 Å². The number of sulfonamides is 1. The minimum absolute atomic E-state index is 0.0643. The molecule has 0 radical (unpaired) electrons. The number of nitrogens with one attached hydrogen (secondary N) is 1. The quantitative estimate of drug-likeness (QED) is 0.428. The van der Waals surface area contributed by atoms with E-state index < -0.39 is 27.9 Å². The Kier molecular flexibility index (Phi) is 6.50. The van der Waals surface area contributed by atoms with Gasteiger partial charge in [-0.05, 0) is 43.2 Å². The number of hydrogen-bond donors (Lipinski definition) is 1. The second-order valence-corrected chi connectivity index (χ2v) is 12.2. The summed E-state index contributed by atoms with van der Waals surface area (Å²) in [5.74, 6) is -1.38. The lowest BCUT2D eigenvalue weighted by Gasteiger charge is -2.23. The molecule has 12 heteroatoms. The molecule has 3 aromatic rings. The molecule has 3 amide bonds. The van der Waals surface area contributed by atoms with Crippen molar-refractivity contribution < 1.29 is 27.5 Å². The van der Waals surface area contributed by atoms with Crippen LogP contribution in [0.25, 0.3) is 10.8 Å². The van der Waals surface area contributed by atoms with Crippen molar-refractivity contribution >= 4 is 72.8 Å². The molecule has 0 aliphatic carbocycles. The fourth-order valence-corrected chi connectivity index (χ4v) is 7.87. The highest BCUT2D eigenvalue weighted by molar-refractivity contribution is 7.91. The number of carbonyl (C=O) groups excluding carboxylic acids is 3. The average molecular weight is 548 g/mol. The number of halogens is 1. The fourth-order valence-electron chi connectivity index (χ4n) is 4.69. The first-order valence-corrected chi connectivity index (χ1v) is 13.9. The SMILES string of the molecule is COCCCN1C(=O)c2cccc3c(NC(=O)C4CCC(=O)N4S(=O)(=O)c4ccc(Cl)s4)ccc1c23. The molecule has 1 saturated heterocycles. The van der Waals surface area contributed by atoms with Crippen LogP contribution in [-0.4, -0.2) is 56.7 Å². The highest BCUT2D eigenvalue weighted by Gasteiger charge is 2.45. The summed E-state index contributed by atoms with van der Waals surface area (Å²) >= 11 is 6.72. The van der Waals surface area contributed by atoms with E-state index in [4.69, 9.17) is 16.3 Å². The number of anilines is 2. The van der Waals surface area contributed by atoms with Crippen LogP contribution in [0.4, 0.5) is 11.4 Å². The molecule has 3 heterocycles. The van der Waals surface area contributed by atoms with Crippen molar-refractivity contribution in [3.05, 3.63) is 52.4 Å². The van der Waals surface area contributed by atoms with E-state index in [1.165, 1.54) is 12.1 Å². The third-order valence-electron chi connectivity index (χ3n) is 6.30. The molecule has 1 atom stereocenters. The Labute approximate surface area is 216 Å². The Balaban J connectivity index is 1.45. The Morgan fingerprint density at radius 2 is 2.00 bits per heavy atom. The molecule has 1 unspecified atom stereocenters. The maximum atomic E-state index is 13.3. The molecule has 36 heavy (non-hydrogen) atoms. The van der Waals surface area contributed by atoms with Crippen LogP contribution in [0.3, 0.4) is 0 Å². The highest BCUT2D eigenvalue weighted by atomic mass is 35.5. The fraction of sp³-hybridized carbons (Fsp3) is 0.292. The van der Waals surface area contributed by atoms with Gasteiger partial charge in [0, 0.05) is 48.7 Å². The molecule has 1 fully saturated rings. The Bertz CT molecular complexity index is 1500. The van der Waals surface area contributed by atoms with Gasteiger partial charge in [-0.3, -0.25) is 14.4 Å². The van der Waals surface area contributed by atoms with Gasteiger partial charge in [0.15, 0.2) is 0 Å². The number of carbonyl (C=O) groups is 3. The van der Waals surface area contributed by atoms with E-state index in [0.717, 1.165) is 22.4 Å². The van der Waals surface area contributed by atoms with Crippen LogP contribution in [0.2, 0.25) is 4.34 Å². The summed E-state index contributed by atoms with van der Waals surface area (Å²) in [5, 5.41) is 4.18. The molecule has 0 bridgehead atoms. The third kappa shape index (κ3) is 4.05. The van der Waals surface area contributed by atoms with Gasteiger partial charge in [0.1, 0.15) is 10.3 Å². The zero-order valence-corrected chi connectivity index (χ0v) is 21.6. The summed E-state index contributed by atoms with van der Waals surface area (Å²) in [6.45, 7) is 1.01. The largest absolute Gasteiger partial charge is 0.385 e. The average Bonchev–Trinajstić information content (AvgIpc) is 3.54. The maximum absolute atomic E-state index is 13.3. The molecule has 1 N–H and O–H groups in total. The van der Waals surface area contributed by atoms with Crippen molar-refractivity contribution in [1.29, 1.82) is 0 Å². The predicted molar refractivity (Wildman–Crippen MR) is 137 cm³/mol. The summed E-state index contributed by atoms with van der Waals surface area (Å²) in [6.07, 6.45) is 0.674. The van der Waals surface area contributed by atoms with Gasteiger partial charge in [-0.1, -0.05) is 23.7 Å². The second-order valence-electron chi connectivity index (χ2n) is 8.46. The molecule has 2 aliphatic heterocycles. The lowest BCUT2D eigenvalue weighted by atomic mass is 10.0. The van der Waals surface area contributed by atoms with Crippen molar-refractivity contribution in [1.82, 2.24) is 4.31 Å². The standard InChI is InChI=1S/C24H22ClN3O6S2/c1-34-13-3-12-27-17-7-6-16(14-4-2-5-15(22(14)17)24(27)31)26-23(30)18-8-10-20(29)28(18)36(32,33)21-11-9-19(25)35-21/h2,4-7,9,11,18H,3,8,10,12-13H2,1H3,(H,26,30). The van der Waals surface area contributed by atoms with E-state index in [0.29, 0.717) is 40.5 Å². The summed E-state index contributed by atoms with van der Waals surface area (Å²) < 4.78 is 32.2. The van der Waals surface area contributed by atoms with Crippen LogP contribution in [-0.2, 0) is 24.3 Å². The molecule has 2 aromatic carbocycles. The Hall–Kier alpha value is -2.99. The Morgan fingerprint density at radius 3 is 2.72 bits per heavy atom. The number of amides is 3. The number of benzene rings is 2. The monoisotopic (exact) mass is 547 g/mol. The van der Waals surface area contributed by atoms with E-state index in [1.807, 2.05) is 0 Å². The minimum atomic E-state index is -4.23. The Morgan fingerprint density at radius 1 is 1.19 bits per heavy atom. The number of rotatable bonds is 8. The van der Waals surface area contributed by atoms with Gasteiger partial charge in [0.2, 0.25) is 11.8 Å². The summed E-state index contributed by atoms with van der Waals surface area (Å²) in [5.41, 5.74) is 1.71. The molecule has 2 aliphatic rings. The van der Waals surface area contributed by atoms with E-state index in [2.05, 4.69) is 5.32 Å². The van der Waals surface area contributed by atoms with Crippen LogP contribution in [0.15, 0.2) is 46.7 Å². The summed E-state index contributed by atoms with van der Waals surface area (Å²) in [4.78, 5) is 40.6. The zero-order valence-electron chi connectivity index (χ0n) is 19.2. The second kappa shape index (κ2) is 9.47. The zero-order chi connectivity index (χ0) is 25.6. The van der Waals surface area contributed by atoms with Crippen molar-refractivity contribution in [3.63, 3.8) is 0 Å². The van der Waals surface area contributed by atoms with Gasteiger partial charge in [0.25, 0.3) is 15.9 Å². The van der Waals surface area contributed by atoms with Crippen LogP contribution < -0.4 is 10.2 Å². The highest BCUT2D eigenvalue weighted by Crippen LogP contribution is 2.41. The number of hydrogen-bond acceptors (Lipinski definition) is 7. The first kappa shape index (κ1) is 24.7. The number of nitrogens with zero attached hydrogens (tertiary/aromatic N) is 2. The van der Waals surface area contributed by atoms with E-state index >= 15 is 0 Å². The first-order chi connectivity index (χ1) is 17.2. The van der Waals surface area contributed by atoms with Gasteiger partial charge >= 0.3 is 0 Å². The summed E-state index contributed by atoms with van der Waals surface area (Å²) in [6, 6.07) is 10.3. The molecule has 5 rings (SSSR count). The molecule has 0 saturated carbocycles. The van der Waals surface area contributed by atoms with Gasteiger partial charge in [0.05, 0.1) is 10.0 Å². The van der Waals surface area contributed by atoms with Crippen LogP contribution in [0.1, 0.15) is 29.6 Å². The van der Waals surface area contributed by atoms with Crippen LogP contribution in [0.5, 0.6) is 0 Å². The lowest BCUT2D eigenvalue weighted by molar-refractivity contribution is -0.128. The van der Waals surface area contributed by atoms with Gasteiger partial charge < -0.3 is 15.0 Å². The number of thiophene rings is 1.